The van der Waals surface area contributed by atoms with E-state index in [9.17, 15) is 18.0 Å². The van der Waals surface area contributed by atoms with Gasteiger partial charge in [-0.2, -0.15) is 13.2 Å². The summed E-state index contributed by atoms with van der Waals surface area (Å²) in [5.74, 6) is -1.04. The first-order valence-electron chi connectivity index (χ1n) is 6.73. The topological polar surface area (TPSA) is 46.5 Å². The third-order valence-electron chi connectivity index (χ3n) is 3.21. The summed E-state index contributed by atoms with van der Waals surface area (Å²) in [6.07, 6.45) is -3.23. The van der Waals surface area contributed by atoms with Crippen molar-refractivity contribution in [2.45, 2.75) is 32.9 Å². The minimum absolute atomic E-state index is 0.0707. The van der Waals surface area contributed by atoms with Crippen molar-refractivity contribution < 1.29 is 27.8 Å². The molecule has 0 aliphatic heterocycles. The summed E-state index contributed by atoms with van der Waals surface area (Å²) in [5.41, 5.74) is -0.743. The first-order chi connectivity index (χ1) is 9.70. The van der Waals surface area contributed by atoms with Crippen LogP contribution in [-0.2, 0) is 11.0 Å². The quantitative estimate of drug-likeness (QED) is 0.820. The first kappa shape index (κ1) is 17.3. The van der Waals surface area contributed by atoms with Gasteiger partial charge >= 0.3 is 12.1 Å². The van der Waals surface area contributed by atoms with Gasteiger partial charge in [-0.25, -0.2) is 0 Å². The highest BCUT2D eigenvalue weighted by Crippen LogP contribution is 2.31. The summed E-state index contributed by atoms with van der Waals surface area (Å²) >= 11 is 0. The number of alkyl halides is 3. The van der Waals surface area contributed by atoms with Gasteiger partial charge in [0, 0.05) is 0 Å². The Labute approximate surface area is 121 Å². The van der Waals surface area contributed by atoms with Crippen LogP contribution in [0, 0.1) is 11.8 Å². The minimum atomic E-state index is -4.39. The molecule has 0 saturated heterocycles. The van der Waals surface area contributed by atoms with E-state index in [0.29, 0.717) is 12.8 Å². The molecule has 1 aromatic rings. The number of aliphatic carboxylic acids is 1. The van der Waals surface area contributed by atoms with Gasteiger partial charge < -0.3 is 9.84 Å². The highest BCUT2D eigenvalue weighted by molar-refractivity contribution is 5.69. The summed E-state index contributed by atoms with van der Waals surface area (Å²) in [5, 5.41) is 8.77. The molecule has 1 N–H and O–H groups in total. The van der Waals surface area contributed by atoms with E-state index in [-0.39, 0.29) is 18.3 Å². The van der Waals surface area contributed by atoms with Crippen LogP contribution in [-0.4, -0.2) is 17.7 Å². The van der Waals surface area contributed by atoms with E-state index < -0.39 is 23.6 Å². The Morgan fingerprint density at radius 3 is 2.52 bits per heavy atom. The lowest BCUT2D eigenvalue weighted by Crippen LogP contribution is -2.14. The van der Waals surface area contributed by atoms with Gasteiger partial charge in [-0.05, 0) is 37.0 Å². The average Bonchev–Trinajstić information content (AvgIpc) is 2.41. The maximum Gasteiger partial charge on any atom is 0.416 e. The van der Waals surface area contributed by atoms with Crippen LogP contribution >= 0.6 is 0 Å². The van der Waals surface area contributed by atoms with Crippen LogP contribution in [0.4, 0.5) is 13.2 Å². The van der Waals surface area contributed by atoms with Crippen LogP contribution in [0.1, 0.15) is 32.3 Å². The maximum atomic E-state index is 12.5. The van der Waals surface area contributed by atoms with E-state index in [1.165, 1.54) is 12.1 Å². The Hall–Kier alpha value is -1.72. The number of carboxylic acid groups (broad SMARTS) is 1. The van der Waals surface area contributed by atoms with Gasteiger partial charge in [0.15, 0.2) is 0 Å². The molecule has 0 aliphatic carbocycles. The normalized spacial score (nSPS) is 14.5. The molecule has 0 bridgehead atoms. The number of halogens is 3. The SMILES string of the molecule is CC(CCC(C)C(=O)O)COc1cccc(C(F)(F)F)c1. The Morgan fingerprint density at radius 1 is 1.29 bits per heavy atom. The molecule has 0 radical (unpaired) electrons. The standard InChI is InChI=1S/C15H19F3O3/c1-10(6-7-11(2)14(19)20)9-21-13-5-3-4-12(8-13)15(16,17)18/h3-5,8,10-11H,6-7,9H2,1-2H3,(H,19,20). The Bertz CT molecular complexity index is 471. The van der Waals surface area contributed by atoms with Crippen LogP contribution in [0.2, 0.25) is 0 Å². The van der Waals surface area contributed by atoms with Gasteiger partial charge in [-0.1, -0.05) is 19.9 Å². The predicted molar refractivity (Wildman–Crippen MR) is 72.1 cm³/mol. The molecule has 0 heterocycles. The maximum absolute atomic E-state index is 12.5. The molecule has 2 unspecified atom stereocenters. The lowest BCUT2D eigenvalue weighted by Gasteiger charge is -2.15. The third-order valence-corrected chi connectivity index (χ3v) is 3.21. The lowest BCUT2D eigenvalue weighted by atomic mass is 9.99. The van der Waals surface area contributed by atoms with E-state index >= 15 is 0 Å². The minimum Gasteiger partial charge on any atom is -0.493 e. The molecule has 0 amide bonds. The molecule has 6 heteroatoms. The van der Waals surface area contributed by atoms with E-state index in [4.69, 9.17) is 9.84 Å². The zero-order valence-corrected chi connectivity index (χ0v) is 12.0. The van der Waals surface area contributed by atoms with E-state index in [2.05, 4.69) is 0 Å². The molecule has 3 nitrogen and oxygen atoms in total. The van der Waals surface area contributed by atoms with Gasteiger partial charge in [-0.15, -0.1) is 0 Å². The summed E-state index contributed by atoms with van der Waals surface area (Å²) in [7, 11) is 0. The molecular formula is C15H19F3O3. The van der Waals surface area contributed by atoms with Gasteiger partial charge in [0.1, 0.15) is 5.75 Å². The van der Waals surface area contributed by atoms with Gasteiger partial charge in [0.2, 0.25) is 0 Å². The van der Waals surface area contributed by atoms with E-state index in [0.717, 1.165) is 12.1 Å². The molecule has 2 atom stereocenters. The predicted octanol–water partition coefficient (Wildman–Crippen LogP) is 4.22. The zero-order valence-electron chi connectivity index (χ0n) is 12.0. The molecular weight excluding hydrogens is 285 g/mol. The monoisotopic (exact) mass is 304 g/mol. The summed E-state index contributed by atoms with van der Waals surface area (Å²) < 4.78 is 43.0. The third kappa shape index (κ3) is 6.06. The van der Waals surface area contributed by atoms with Crippen LogP contribution in [0.5, 0.6) is 5.75 Å². The Kier molecular flexibility index (Phi) is 6.05. The molecule has 21 heavy (non-hydrogen) atoms. The second-order valence-corrected chi connectivity index (χ2v) is 5.26. The highest BCUT2D eigenvalue weighted by atomic mass is 19.4. The van der Waals surface area contributed by atoms with Crippen molar-refractivity contribution in [2.24, 2.45) is 11.8 Å². The van der Waals surface area contributed by atoms with Gasteiger partial charge in [-0.3, -0.25) is 4.79 Å². The molecule has 1 aromatic carbocycles. The van der Waals surface area contributed by atoms with Crippen molar-refractivity contribution in [2.75, 3.05) is 6.61 Å². The van der Waals surface area contributed by atoms with Gasteiger partial charge in [0.05, 0.1) is 18.1 Å². The molecule has 0 saturated carbocycles. The van der Waals surface area contributed by atoms with Gasteiger partial charge in [0.25, 0.3) is 0 Å². The van der Waals surface area contributed by atoms with Crippen LogP contribution in [0.3, 0.4) is 0 Å². The fraction of sp³-hybridized carbons (Fsp3) is 0.533. The van der Waals surface area contributed by atoms with Crippen molar-refractivity contribution in [3.63, 3.8) is 0 Å². The van der Waals surface area contributed by atoms with Crippen LogP contribution in [0.15, 0.2) is 24.3 Å². The number of carbonyl (C=O) groups is 1. The fourth-order valence-corrected chi connectivity index (χ4v) is 1.74. The second-order valence-electron chi connectivity index (χ2n) is 5.26. The summed E-state index contributed by atoms with van der Waals surface area (Å²) in [6.45, 7) is 3.76. The number of carboxylic acids is 1. The van der Waals surface area contributed by atoms with Crippen molar-refractivity contribution in [1.29, 1.82) is 0 Å². The van der Waals surface area contributed by atoms with Crippen molar-refractivity contribution in [3.8, 4) is 5.75 Å². The first-order valence-corrected chi connectivity index (χ1v) is 6.73. The van der Waals surface area contributed by atoms with E-state index in [1.807, 2.05) is 6.92 Å². The largest absolute Gasteiger partial charge is 0.493 e. The van der Waals surface area contributed by atoms with Crippen molar-refractivity contribution in [1.82, 2.24) is 0 Å². The second kappa shape index (κ2) is 7.33. The van der Waals surface area contributed by atoms with Crippen LogP contribution < -0.4 is 4.74 Å². The lowest BCUT2D eigenvalue weighted by molar-refractivity contribution is -0.141. The summed E-state index contributed by atoms with van der Waals surface area (Å²) in [6, 6.07) is 4.73. The molecule has 0 fully saturated rings. The van der Waals surface area contributed by atoms with Crippen molar-refractivity contribution >= 4 is 5.97 Å². The number of rotatable bonds is 7. The zero-order chi connectivity index (χ0) is 16.0. The average molecular weight is 304 g/mol. The molecule has 118 valence electrons. The smallest absolute Gasteiger partial charge is 0.416 e. The molecule has 1 rings (SSSR count). The molecule has 0 spiro atoms. The Morgan fingerprint density at radius 2 is 1.95 bits per heavy atom. The summed E-state index contributed by atoms with van der Waals surface area (Å²) in [4.78, 5) is 10.7. The number of ether oxygens (including phenoxy) is 1. The van der Waals surface area contributed by atoms with Crippen molar-refractivity contribution in [3.05, 3.63) is 29.8 Å². The fourth-order valence-electron chi connectivity index (χ4n) is 1.74. The Balaban J connectivity index is 2.46. The van der Waals surface area contributed by atoms with E-state index in [1.54, 1.807) is 6.92 Å². The highest BCUT2D eigenvalue weighted by Gasteiger charge is 2.30. The number of hydrogen-bond acceptors (Lipinski definition) is 2. The number of benzene rings is 1. The molecule has 0 aromatic heterocycles. The molecule has 0 aliphatic rings. The van der Waals surface area contributed by atoms with Crippen LogP contribution in [0.25, 0.3) is 0 Å². The number of hydrogen-bond donors (Lipinski definition) is 1.